The third-order valence-electron chi connectivity index (χ3n) is 2.85. The van der Waals surface area contributed by atoms with Crippen molar-refractivity contribution < 1.29 is 0 Å². The Balaban J connectivity index is 0.00000108. The van der Waals surface area contributed by atoms with E-state index >= 15 is 0 Å². The van der Waals surface area contributed by atoms with Crippen molar-refractivity contribution in [1.29, 1.82) is 0 Å². The second-order valence-electron chi connectivity index (χ2n) is 3.87. The molecule has 2 N–H and O–H groups in total. The Morgan fingerprint density at radius 3 is 2.41 bits per heavy atom. The number of fused-ring (bicyclic) bond motifs is 3. The van der Waals surface area contributed by atoms with Gasteiger partial charge in [0.2, 0.25) is 0 Å². The molecule has 0 aliphatic heterocycles. The molecule has 3 rings (SSSR count). The minimum Gasteiger partial charge on any atom is -0.325 e. The van der Waals surface area contributed by atoms with Crippen LogP contribution in [0.3, 0.4) is 0 Å². The molecule has 3 heteroatoms. The van der Waals surface area contributed by atoms with Crippen molar-refractivity contribution in [1.82, 2.24) is 4.98 Å². The zero-order valence-corrected chi connectivity index (χ0v) is 10.1. The van der Waals surface area contributed by atoms with Gasteiger partial charge in [0, 0.05) is 17.3 Å². The molecular formula is C14H13ClN2. The summed E-state index contributed by atoms with van der Waals surface area (Å²) < 4.78 is 0. The molecule has 0 saturated heterocycles. The fourth-order valence-electron chi connectivity index (χ4n) is 2.01. The molecular weight excluding hydrogens is 232 g/mol. The SMILES string of the molecule is Cl.NCc1ccc2ccc3ccccc3c2n1. The lowest BCUT2D eigenvalue weighted by molar-refractivity contribution is 1.01. The first kappa shape index (κ1) is 11.8. The first-order valence-electron chi connectivity index (χ1n) is 5.36. The monoisotopic (exact) mass is 244 g/mol. The van der Waals surface area contributed by atoms with Gasteiger partial charge in [0.25, 0.3) is 0 Å². The van der Waals surface area contributed by atoms with Crippen molar-refractivity contribution in [2.75, 3.05) is 0 Å². The van der Waals surface area contributed by atoms with Crippen LogP contribution >= 0.6 is 12.4 Å². The van der Waals surface area contributed by atoms with Crippen molar-refractivity contribution in [2.24, 2.45) is 5.73 Å². The number of hydrogen-bond acceptors (Lipinski definition) is 2. The highest BCUT2D eigenvalue weighted by molar-refractivity contribution is 6.05. The molecule has 3 aromatic rings. The Kier molecular flexibility index (Phi) is 3.27. The summed E-state index contributed by atoms with van der Waals surface area (Å²) in [5.41, 5.74) is 7.60. The summed E-state index contributed by atoms with van der Waals surface area (Å²) in [6.07, 6.45) is 0. The summed E-state index contributed by atoms with van der Waals surface area (Å²) in [6.45, 7) is 0.485. The van der Waals surface area contributed by atoms with Crippen LogP contribution in [0.25, 0.3) is 21.7 Å². The average Bonchev–Trinajstić information content (AvgIpc) is 2.38. The quantitative estimate of drug-likeness (QED) is 0.668. The van der Waals surface area contributed by atoms with E-state index in [2.05, 4.69) is 35.3 Å². The summed E-state index contributed by atoms with van der Waals surface area (Å²) in [5.74, 6) is 0. The Morgan fingerprint density at radius 2 is 1.59 bits per heavy atom. The van der Waals surface area contributed by atoms with Crippen LogP contribution in [-0.2, 0) is 6.54 Å². The van der Waals surface area contributed by atoms with Gasteiger partial charge in [-0.1, -0.05) is 42.5 Å². The average molecular weight is 245 g/mol. The third-order valence-corrected chi connectivity index (χ3v) is 2.85. The van der Waals surface area contributed by atoms with Gasteiger partial charge in [-0.25, -0.2) is 0 Å². The standard InChI is InChI=1S/C14H12N2.ClH/c15-9-12-8-7-11-6-5-10-3-1-2-4-13(10)14(11)16-12;/h1-8H,9,15H2;1H. The predicted molar refractivity (Wildman–Crippen MR) is 74.4 cm³/mol. The van der Waals surface area contributed by atoms with Crippen LogP contribution in [-0.4, -0.2) is 4.98 Å². The second kappa shape index (κ2) is 4.70. The molecule has 2 nitrogen and oxygen atoms in total. The molecule has 0 atom stereocenters. The van der Waals surface area contributed by atoms with Gasteiger partial charge >= 0.3 is 0 Å². The minimum atomic E-state index is 0. The van der Waals surface area contributed by atoms with Gasteiger partial charge in [-0.3, -0.25) is 4.98 Å². The Hall–Kier alpha value is -1.64. The third kappa shape index (κ3) is 1.97. The zero-order valence-electron chi connectivity index (χ0n) is 9.26. The van der Waals surface area contributed by atoms with Crippen LogP contribution < -0.4 is 5.73 Å². The highest BCUT2D eigenvalue weighted by Crippen LogP contribution is 2.23. The number of nitrogens with two attached hydrogens (primary N) is 1. The lowest BCUT2D eigenvalue weighted by Gasteiger charge is -2.04. The van der Waals surface area contributed by atoms with Gasteiger partial charge in [-0.05, 0) is 11.5 Å². The van der Waals surface area contributed by atoms with E-state index in [4.69, 9.17) is 5.73 Å². The molecule has 0 fully saturated rings. The van der Waals surface area contributed by atoms with Gasteiger partial charge in [-0.2, -0.15) is 0 Å². The molecule has 0 saturated carbocycles. The molecule has 1 heterocycles. The van der Waals surface area contributed by atoms with Crippen LogP contribution in [0.2, 0.25) is 0 Å². The minimum absolute atomic E-state index is 0. The number of pyridine rings is 1. The maximum atomic E-state index is 5.62. The van der Waals surface area contributed by atoms with Gasteiger partial charge in [0.05, 0.1) is 11.2 Å². The molecule has 86 valence electrons. The van der Waals surface area contributed by atoms with Crippen molar-refractivity contribution in [3.05, 3.63) is 54.2 Å². The van der Waals surface area contributed by atoms with E-state index in [1.807, 2.05) is 18.2 Å². The summed E-state index contributed by atoms with van der Waals surface area (Å²) >= 11 is 0. The highest BCUT2D eigenvalue weighted by atomic mass is 35.5. The van der Waals surface area contributed by atoms with E-state index in [-0.39, 0.29) is 12.4 Å². The van der Waals surface area contributed by atoms with Crippen LogP contribution in [0.4, 0.5) is 0 Å². The molecule has 0 aliphatic rings. The van der Waals surface area contributed by atoms with Crippen molar-refractivity contribution >= 4 is 34.1 Å². The van der Waals surface area contributed by atoms with Gasteiger partial charge in [-0.15, -0.1) is 12.4 Å². The topological polar surface area (TPSA) is 38.9 Å². The Morgan fingerprint density at radius 1 is 0.882 bits per heavy atom. The molecule has 0 unspecified atom stereocenters. The first-order chi connectivity index (χ1) is 7.88. The van der Waals surface area contributed by atoms with Crippen LogP contribution in [0.1, 0.15) is 5.69 Å². The lowest BCUT2D eigenvalue weighted by atomic mass is 10.1. The molecule has 2 aromatic carbocycles. The number of hydrogen-bond donors (Lipinski definition) is 1. The molecule has 0 radical (unpaired) electrons. The smallest absolute Gasteiger partial charge is 0.0784 e. The largest absolute Gasteiger partial charge is 0.325 e. The number of aromatic nitrogens is 1. The molecule has 17 heavy (non-hydrogen) atoms. The molecule has 0 bridgehead atoms. The van der Waals surface area contributed by atoms with E-state index in [0.29, 0.717) is 6.54 Å². The van der Waals surface area contributed by atoms with E-state index in [1.54, 1.807) is 0 Å². The Labute approximate surface area is 106 Å². The fourth-order valence-corrected chi connectivity index (χ4v) is 2.01. The lowest BCUT2D eigenvalue weighted by Crippen LogP contribution is -1.99. The summed E-state index contributed by atoms with van der Waals surface area (Å²) in [4.78, 5) is 4.60. The number of halogens is 1. The Bertz CT molecular complexity index is 664. The number of benzene rings is 2. The number of rotatable bonds is 1. The summed E-state index contributed by atoms with van der Waals surface area (Å²) in [5, 5.41) is 3.57. The molecule has 0 aliphatic carbocycles. The predicted octanol–water partition coefficient (Wildman–Crippen LogP) is 3.27. The van der Waals surface area contributed by atoms with Crippen LogP contribution in [0.5, 0.6) is 0 Å². The fraction of sp³-hybridized carbons (Fsp3) is 0.0714. The molecule has 1 aromatic heterocycles. The van der Waals surface area contributed by atoms with Crippen molar-refractivity contribution in [2.45, 2.75) is 6.54 Å². The maximum absolute atomic E-state index is 5.62. The van der Waals surface area contributed by atoms with Crippen LogP contribution in [0, 0.1) is 0 Å². The van der Waals surface area contributed by atoms with Crippen molar-refractivity contribution in [3.8, 4) is 0 Å². The van der Waals surface area contributed by atoms with E-state index in [0.717, 1.165) is 16.6 Å². The highest BCUT2D eigenvalue weighted by Gasteiger charge is 2.01. The summed E-state index contributed by atoms with van der Waals surface area (Å²) in [7, 11) is 0. The van der Waals surface area contributed by atoms with E-state index < -0.39 is 0 Å². The second-order valence-corrected chi connectivity index (χ2v) is 3.87. The summed E-state index contributed by atoms with van der Waals surface area (Å²) in [6, 6.07) is 16.6. The van der Waals surface area contributed by atoms with Gasteiger partial charge in [0.1, 0.15) is 0 Å². The first-order valence-corrected chi connectivity index (χ1v) is 5.36. The molecule has 0 spiro atoms. The van der Waals surface area contributed by atoms with Gasteiger partial charge in [0.15, 0.2) is 0 Å². The van der Waals surface area contributed by atoms with E-state index in [9.17, 15) is 0 Å². The normalized spacial score (nSPS) is 10.4. The van der Waals surface area contributed by atoms with Crippen LogP contribution in [0.15, 0.2) is 48.5 Å². The maximum Gasteiger partial charge on any atom is 0.0784 e. The molecule has 0 amide bonds. The van der Waals surface area contributed by atoms with Crippen molar-refractivity contribution in [3.63, 3.8) is 0 Å². The number of nitrogens with zero attached hydrogens (tertiary/aromatic N) is 1. The van der Waals surface area contributed by atoms with Gasteiger partial charge < -0.3 is 5.73 Å². The van der Waals surface area contributed by atoms with E-state index in [1.165, 1.54) is 10.8 Å². The zero-order chi connectivity index (χ0) is 11.0.